The summed E-state index contributed by atoms with van der Waals surface area (Å²) in [5.74, 6) is -1.74. The van der Waals surface area contributed by atoms with E-state index in [0.29, 0.717) is 0 Å². The first-order chi connectivity index (χ1) is 5.00. The molecule has 0 unspecified atom stereocenters. The first kappa shape index (κ1) is 10.2. The van der Waals surface area contributed by atoms with Crippen molar-refractivity contribution in [2.24, 2.45) is 0 Å². The molecule has 0 aliphatic carbocycles. The Balaban J connectivity index is 4.23. The third-order valence-electron chi connectivity index (χ3n) is 0.895. The van der Waals surface area contributed by atoms with Crippen LogP contribution < -0.4 is 0 Å². The summed E-state index contributed by atoms with van der Waals surface area (Å²) in [6.45, 7) is 0. The summed E-state index contributed by atoms with van der Waals surface area (Å²) in [6, 6.07) is 0. The Morgan fingerprint density at radius 1 is 1.18 bits per heavy atom. The highest BCUT2D eigenvalue weighted by Gasteiger charge is 2.29. The molecule has 3 N–H and O–H groups in total. The number of carbonyl (C=O) groups is 2. The van der Waals surface area contributed by atoms with Crippen molar-refractivity contribution in [2.45, 2.75) is 12.2 Å². The number of carboxylic acid groups (broad SMARTS) is 1. The lowest BCUT2D eigenvalue weighted by atomic mass is 10.2. The van der Waals surface area contributed by atoms with E-state index in [1.54, 1.807) is 0 Å². The molecule has 0 rings (SSSR count). The van der Waals surface area contributed by atoms with Crippen LogP contribution in [-0.4, -0.2) is 39.0 Å². The molecule has 0 radical (unpaired) electrons. The summed E-state index contributed by atoms with van der Waals surface area (Å²) in [6.07, 6.45) is -4.35. The molecule has 62 valence electrons. The summed E-state index contributed by atoms with van der Waals surface area (Å²) in [5.41, 5.74) is -1.26. The molecule has 0 fully saturated rings. The Hall–Kier alpha value is -0.840. The van der Waals surface area contributed by atoms with Crippen molar-refractivity contribution < 1.29 is 29.5 Å². The second kappa shape index (κ2) is 4.12. The van der Waals surface area contributed by atoms with Crippen LogP contribution in [0.25, 0.3) is 0 Å². The maximum Gasteiger partial charge on any atom is 0.335 e. The fraction of sp³-hybridized carbons (Fsp3) is 0.500. The molecule has 0 aromatic rings. The fourth-order valence-electron chi connectivity index (χ4n) is 0.324. The second-order valence-electron chi connectivity index (χ2n) is 1.66. The molecule has 0 amide bonds. The van der Waals surface area contributed by atoms with Crippen LogP contribution in [0.1, 0.15) is 0 Å². The van der Waals surface area contributed by atoms with Gasteiger partial charge in [0, 0.05) is 0 Å². The van der Waals surface area contributed by atoms with E-state index in [9.17, 15) is 14.2 Å². The molecule has 7 heteroatoms. The molecule has 2 atom stereocenters. The number of aliphatic hydroxyl groups excluding tert-OH is 2. The summed E-state index contributed by atoms with van der Waals surface area (Å²) in [7, 11) is -1.02. The SMILES string of the molecule is O=PC(=O)[C@H](O)[C@@H](O)C(=O)O. The van der Waals surface area contributed by atoms with Crippen molar-refractivity contribution in [3.63, 3.8) is 0 Å². The van der Waals surface area contributed by atoms with Crippen LogP contribution in [-0.2, 0) is 14.2 Å². The minimum absolute atomic E-state index is 1.02. The lowest BCUT2D eigenvalue weighted by Crippen LogP contribution is -2.37. The molecular formula is C4H5O6P. The van der Waals surface area contributed by atoms with Gasteiger partial charge in [-0.25, -0.2) is 4.79 Å². The smallest absolute Gasteiger partial charge is 0.335 e. The Morgan fingerprint density at radius 3 is 1.91 bits per heavy atom. The van der Waals surface area contributed by atoms with Crippen molar-refractivity contribution in [1.29, 1.82) is 0 Å². The van der Waals surface area contributed by atoms with Crippen molar-refractivity contribution in [1.82, 2.24) is 0 Å². The van der Waals surface area contributed by atoms with Gasteiger partial charge in [-0.3, -0.25) is 9.36 Å². The van der Waals surface area contributed by atoms with Gasteiger partial charge in [0.2, 0.25) is 8.46 Å². The second-order valence-corrected chi connectivity index (χ2v) is 2.28. The molecule has 0 aliphatic heterocycles. The van der Waals surface area contributed by atoms with Gasteiger partial charge in [0.05, 0.1) is 0 Å². The normalized spacial score (nSPS) is 15.8. The van der Waals surface area contributed by atoms with Crippen molar-refractivity contribution in [3.05, 3.63) is 0 Å². The third kappa shape index (κ3) is 2.71. The van der Waals surface area contributed by atoms with Gasteiger partial charge in [0.1, 0.15) is 0 Å². The maximum atomic E-state index is 10.3. The molecule has 0 spiro atoms. The monoisotopic (exact) mass is 180 g/mol. The zero-order valence-corrected chi connectivity index (χ0v) is 6.06. The van der Waals surface area contributed by atoms with Crippen LogP contribution in [0.2, 0.25) is 0 Å². The number of carbonyl (C=O) groups excluding carboxylic acids is 1. The minimum Gasteiger partial charge on any atom is -0.479 e. The number of aliphatic hydroxyl groups is 2. The lowest BCUT2D eigenvalue weighted by Gasteiger charge is -2.07. The van der Waals surface area contributed by atoms with Crippen LogP contribution in [0, 0.1) is 0 Å². The van der Waals surface area contributed by atoms with Gasteiger partial charge in [0.15, 0.2) is 12.2 Å². The Labute approximate surface area is 62.7 Å². The summed E-state index contributed by atoms with van der Waals surface area (Å²) in [4.78, 5) is 20.2. The zero-order valence-electron chi connectivity index (χ0n) is 5.17. The quantitative estimate of drug-likeness (QED) is 0.459. The third-order valence-corrected chi connectivity index (χ3v) is 1.34. The highest BCUT2D eigenvalue weighted by atomic mass is 31.1. The minimum atomic E-state index is -2.22. The fourth-order valence-corrected chi connectivity index (χ4v) is 0.573. The predicted octanol–water partition coefficient (Wildman–Crippen LogP) is -1.39. The molecule has 0 saturated heterocycles. The molecule has 0 saturated carbocycles. The zero-order chi connectivity index (χ0) is 9.02. The van der Waals surface area contributed by atoms with Crippen LogP contribution in [0.3, 0.4) is 0 Å². The van der Waals surface area contributed by atoms with Gasteiger partial charge in [-0.2, -0.15) is 0 Å². The topological polar surface area (TPSA) is 112 Å². The van der Waals surface area contributed by atoms with E-state index in [1.807, 2.05) is 0 Å². The first-order valence-corrected chi connectivity index (χ1v) is 3.28. The average molecular weight is 180 g/mol. The van der Waals surface area contributed by atoms with Crippen LogP contribution in [0.4, 0.5) is 0 Å². The molecule has 0 bridgehead atoms. The van der Waals surface area contributed by atoms with Gasteiger partial charge in [-0.15, -0.1) is 0 Å². The van der Waals surface area contributed by atoms with Crippen molar-refractivity contribution >= 4 is 20.0 Å². The first-order valence-electron chi connectivity index (χ1n) is 2.47. The summed E-state index contributed by atoms with van der Waals surface area (Å²) >= 11 is 0. The number of rotatable bonds is 4. The van der Waals surface area contributed by atoms with Crippen LogP contribution in [0.15, 0.2) is 0 Å². The average Bonchev–Trinajstić information content (AvgIpc) is 2.00. The van der Waals surface area contributed by atoms with Gasteiger partial charge >= 0.3 is 5.97 Å². The molecule has 0 aromatic heterocycles. The van der Waals surface area contributed by atoms with Crippen LogP contribution in [0.5, 0.6) is 0 Å². The summed E-state index contributed by atoms with van der Waals surface area (Å²) in [5, 5.41) is 25.1. The van der Waals surface area contributed by atoms with Gasteiger partial charge < -0.3 is 15.3 Å². The van der Waals surface area contributed by atoms with Gasteiger partial charge in [-0.05, 0) is 0 Å². The Kier molecular flexibility index (Phi) is 3.81. The van der Waals surface area contributed by atoms with E-state index >= 15 is 0 Å². The van der Waals surface area contributed by atoms with E-state index < -0.39 is 32.2 Å². The van der Waals surface area contributed by atoms with E-state index in [4.69, 9.17) is 15.3 Å². The van der Waals surface area contributed by atoms with E-state index in [-0.39, 0.29) is 0 Å². The van der Waals surface area contributed by atoms with Gasteiger partial charge in [-0.1, -0.05) is 0 Å². The van der Waals surface area contributed by atoms with Crippen molar-refractivity contribution in [3.8, 4) is 0 Å². The molecule has 6 nitrogen and oxygen atoms in total. The largest absolute Gasteiger partial charge is 0.479 e. The standard InChI is InChI=1S/C4H5O6P/c5-1(3(7)8)2(6)4(9)11-10/h1-2,5-6H,(H,7,8)/t1-,2-/m1/s1. The molecular weight excluding hydrogens is 175 g/mol. The molecule has 0 aromatic carbocycles. The molecule has 0 heterocycles. The summed E-state index contributed by atoms with van der Waals surface area (Å²) < 4.78 is 9.76. The maximum absolute atomic E-state index is 10.3. The molecule has 11 heavy (non-hydrogen) atoms. The number of carboxylic acids is 1. The van der Waals surface area contributed by atoms with E-state index in [0.717, 1.165) is 0 Å². The van der Waals surface area contributed by atoms with Crippen LogP contribution >= 0.6 is 8.46 Å². The van der Waals surface area contributed by atoms with Gasteiger partial charge in [0.25, 0.3) is 5.52 Å². The number of aliphatic carboxylic acids is 1. The Morgan fingerprint density at radius 2 is 1.64 bits per heavy atom. The van der Waals surface area contributed by atoms with E-state index in [2.05, 4.69) is 0 Å². The lowest BCUT2D eigenvalue weighted by molar-refractivity contribution is -0.155. The highest BCUT2D eigenvalue weighted by Crippen LogP contribution is 2.04. The molecule has 0 aliphatic rings. The van der Waals surface area contributed by atoms with E-state index in [1.165, 1.54) is 0 Å². The van der Waals surface area contributed by atoms with Crippen molar-refractivity contribution in [2.75, 3.05) is 0 Å². The number of hydrogen-bond acceptors (Lipinski definition) is 5. The predicted molar refractivity (Wildman–Crippen MR) is 32.3 cm³/mol. The Bertz CT molecular complexity index is 189. The highest BCUT2D eigenvalue weighted by molar-refractivity contribution is 7.46. The number of hydrogen-bond donors (Lipinski definition) is 3.